The van der Waals surface area contributed by atoms with Crippen molar-refractivity contribution >= 4 is 21.6 Å². The number of nitrogens with two attached hydrogens (primary N) is 1. The monoisotopic (exact) mass is 319 g/mol. The molecule has 0 radical (unpaired) electrons. The number of hydrogen-bond donors (Lipinski definition) is 1. The molecule has 2 aromatic rings. The second kappa shape index (κ2) is 6.68. The Labute approximate surface area is 122 Å². The smallest absolute Gasteiger partial charge is 0.0602 e. The number of benzene rings is 1. The normalized spacial score (nSPS) is 10.5. The van der Waals surface area contributed by atoms with Gasteiger partial charge in [0, 0.05) is 35.0 Å². The van der Waals surface area contributed by atoms with Crippen molar-refractivity contribution in [1.82, 2.24) is 4.98 Å². The van der Waals surface area contributed by atoms with Gasteiger partial charge in [-0.25, -0.2) is 0 Å². The molecule has 0 aliphatic rings. The lowest BCUT2D eigenvalue weighted by Gasteiger charge is -2.25. The van der Waals surface area contributed by atoms with E-state index in [0.29, 0.717) is 6.54 Å². The van der Waals surface area contributed by atoms with Gasteiger partial charge >= 0.3 is 0 Å². The predicted molar refractivity (Wildman–Crippen MR) is 83.0 cm³/mol. The highest BCUT2D eigenvalue weighted by Gasteiger charge is 2.12. The molecular formula is C15H18BrN3. The van der Waals surface area contributed by atoms with Crippen molar-refractivity contribution in [2.45, 2.75) is 20.0 Å². The molecule has 1 aromatic heterocycles. The van der Waals surface area contributed by atoms with Crippen LogP contribution < -0.4 is 10.6 Å². The molecule has 0 saturated heterocycles. The van der Waals surface area contributed by atoms with Gasteiger partial charge in [-0.15, -0.1) is 0 Å². The van der Waals surface area contributed by atoms with Gasteiger partial charge in [-0.3, -0.25) is 4.98 Å². The van der Waals surface area contributed by atoms with Crippen molar-refractivity contribution in [1.29, 1.82) is 0 Å². The fraction of sp³-hybridized carbons (Fsp3) is 0.267. The van der Waals surface area contributed by atoms with Crippen molar-refractivity contribution in [3.63, 3.8) is 0 Å². The lowest BCUT2D eigenvalue weighted by atomic mass is 10.1. The minimum atomic E-state index is 0.523. The quantitative estimate of drug-likeness (QED) is 0.919. The Hall–Kier alpha value is -1.39. The summed E-state index contributed by atoms with van der Waals surface area (Å²) < 4.78 is 1.06. The third-order valence-corrected chi connectivity index (χ3v) is 3.84. The molecule has 1 aromatic carbocycles. The topological polar surface area (TPSA) is 42.2 Å². The molecular weight excluding hydrogens is 302 g/mol. The second-order valence-corrected chi connectivity index (χ2v) is 5.13. The third-order valence-electron chi connectivity index (χ3n) is 3.10. The molecule has 0 aliphatic carbocycles. The number of rotatable bonds is 5. The summed E-state index contributed by atoms with van der Waals surface area (Å²) in [6, 6.07) is 12.2. The van der Waals surface area contributed by atoms with Crippen LogP contribution in [0.1, 0.15) is 18.2 Å². The van der Waals surface area contributed by atoms with E-state index in [0.717, 1.165) is 28.8 Å². The van der Waals surface area contributed by atoms with E-state index in [4.69, 9.17) is 5.73 Å². The third kappa shape index (κ3) is 3.33. The number of pyridine rings is 1. The Morgan fingerprint density at radius 1 is 1.21 bits per heavy atom. The van der Waals surface area contributed by atoms with Gasteiger partial charge in [0.25, 0.3) is 0 Å². The van der Waals surface area contributed by atoms with E-state index in [9.17, 15) is 0 Å². The van der Waals surface area contributed by atoms with E-state index in [1.165, 1.54) is 5.69 Å². The average molecular weight is 320 g/mol. The molecule has 1 heterocycles. The highest BCUT2D eigenvalue weighted by atomic mass is 79.9. The van der Waals surface area contributed by atoms with E-state index >= 15 is 0 Å². The van der Waals surface area contributed by atoms with Crippen molar-refractivity contribution in [3.8, 4) is 0 Å². The van der Waals surface area contributed by atoms with Gasteiger partial charge in [0.1, 0.15) is 0 Å². The Morgan fingerprint density at radius 2 is 2.05 bits per heavy atom. The Balaban J connectivity index is 2.30. The van der Waals surface area contributed by atoms with Crippen LogP contribution in [0.2, 0.25) is 0 Å². The Bertz CT molecular complexity index is 528. The van der Waals surface area contributed by atoms with Crippen LogP contribution in [0.5, 0.6) is 0 Å². The van der Waals surface area contributed by atoms with Crippen LogP contribution in [0.25, 0.3) is 0 Å². The van der Waals surface area contributed by atoms with Gasteiger partial charge in [0.05, 0.1) is 12.2 Å². The average Bonchev–Trinajstić information content (AvgIpc) is 2.45. The summed E-state index contributed by atoms with van der Waals surface area (Å²) in [6.45, 7) is 4.38. The van der Waals surface area contributed by atoms with Crippen LogP contribution >= 0.6 is 15.9 Å². The molecule has 0 fully saturated rings. The predicted octanol–water partition coefficient (Wildman–Crippen LogP) is 3.33. The molecule has 0 atom stereocenters. The number of nitrogens with zero attached hydrogens (tertiary/aromatic N) is 2. The second-order valence-electron chi connectivity index (χ2n) is 4.28. The lowest BCUT2D eigenvalue weighted by molar-refractivity contribution is 0.800. The summed E-state index contributed by atoms with van der Waals surface area (Å²) in [5.74, 6) is 0. The van der Waals surface area contributed by atoms with E-state index < -0.39 is 0 Å². The molecule has 0 saturated carbocycles. The van der Waals surface area contributed by atoms with E-state index in [1.54, 1.807) is 0 Å². The van der Waals surface area contributed by atoms with Crippen molar-refractivity contribution < 1.29 is 0 Å². The standard InChI is InChI=1S/C15H18BrN3/c1-2-19(11-12-6-3-4-9-18-12)15-8-5-7-14(16)13(15)10-17/h3-9H,2,10-11,17H2,1H3. The molecule has 0 bridgehead atoms. The maximum Gasteiger partial charge on any atom is 0.0602 e. The maximum atomic E-state index is 5.87. The maximum absolute atomic E-state index is 5.87. The molecule has 19 heavy (non-hydrogen) atoms. The highest BCUT2D eigenvalue weighted by molar-refractivity contribution is 9.10. The zero-order valence-corrected chi connectivity index (χ0v) is 12.6. The zero-order chi connectivity index (χ0) is 13.7. The zero-order valence-electron chi connectivity index (χ0n) is 11.0. The first-order valence-corrected chi connectivity index (χ1v) is 7.18. The van der Waals surface area contributed by atoms with Crippen LogP contribution in [-0.2, 0) is 13.1 Å². The van der Waals surface area contributed by atoms with Crippen LogP contribution in [0, 0.1) is 0 Å². The summed E-state index contributed by atoms with van der Waals surface area (Å²) in [7, 11) is 0. The van der Waals surface area contributed by atoms with Crippen LogP contribution in [0.4, 0.5) is 5.69 Å². The van der Waals surface area contributed by atoms with Gasteiger partial charge in [-0.2, -0.15) is 0 Å². The number of aromatic nitrogens is 1. The largest absolute Gasteiger partial charge is 0.366 e. The first kappa shape index (κ1) is 14.0. The minimum Gasteiger partial charge on any atom is -0.366 e. The molecule has 0 aliphatic heterocycles. The molecule has 2 rings (SSSR count). The first-order chi connectivity index (χ1) is 9.26. The summed E-state index contributed by atoms with van der Waals surface area (Å²) in [6.07, 6.45) is 1.83. The van der Waals surface area contributed by atoms with Gasteiger partial charge in [0.2, 0.25) is 0 Å². The first-order valence-electron chi connectivity index (χ1n) is 6.38. The van der Waals surface area contributed by atoms with E-state index in [-0.39, 0.29) is 0 Å². The summed E-state index contributed by atoms with van der Waals surface area (Å²) >= 11 is 3.57. The van der Waals surface area contributed by atoms with Gasteiger partial charge in [-0.1, -0.05) is 28.1 Å². The van der Waals surface area contributed by atoms with Gasteiger partial charge in [-0.05, 0) is 31.2 Å². The van der Waals surface area contributed by atoms with Crippen molar-refractivity contribution in [2.24, 2.45) is 5.73 Å². The Kier molecular flexibility index (Phi) is 4.93. The van der Waals surface area contributed by atoms with E-state index in [2.05, 4.69) is 38.8 Å². The number of hydrogen-bond acceptors (Lipinski definition) is 3. The lowest BCUT2D eigenvalue weighted by Crippen LogP contribution is -2.24. The number of halogens is 1. The summed E-state index contributed by atoms with van der Waals surface area (Å²) in [5.41, 5.74) is 9.24. The van der Waals surface area contributed by atoms with Crippen molar-refractivity contribution in [3.05, 3.63) is 58.3 Å². The molecule has 100 valence electrons. The number of anilines is 1. The minimum absolute atomic E-state index is 0.523. The fourth-order valence-corrected chi connectivity index (χ4v) is 2.62. The van der Waals surface area contributed by atoms with Crippen LogP contribution in [-0.4, -0.2) is 11.5 Å². The SMILES string of the molecule is CCN(Cc1ccccn1)c1cccc(Br)c1CN. The van der Waals surface area contributed by atoms with Gasteiger partial charge in [0.15, 0.2) is 0 Å². The molecule has 0 unspecified atom stereocenters. The molecule has 4 heteroatoms. The summed E-state index contributed by atoms with van der Waals surface area (Å²) in [5, 5.41) is 0. The van der Waals surface area contributed by atoms with Crippen LogP contribution in [0.3, 0.4) is 0 Å². The van der Waals surface area contributed by atoms with Crippen molar-refractivity contribution in [2.75, 3.05) is 11.4 Å². The fourth-order valence-electron chi connectivity index (χ4n) is 2.10. The molecule has 0 spiro atoms. The molecule has 2 N–H and O–H groups in total. The van der Waals surface area contributed by atoms with E-state index in [1.807, 2.05) is 36.5 Å². The summed E-state index contributed by atoms with van der Waals surface area (Å²) in [4.78, 5) is 6.67. The van der Waals surface area contributed by atoms with Crippen LogP contribution in [0.15, 0.2) is 47.1 Å². The molecule has 3 nitrogen and oxygen atoms in total. The Morgan fingerprint density at radius 3 is 2.68 bits per heavy atom. The van der Waals surface area contributed by atoms with Gasteiger partial charge < -0.3 is 10.6 Å². The highest BCUT2D eigenvalue weighted by Crippen LogP contribution is 2.28. The molecule has 0 amide bonds.